The lowest BCUT2D eigenvalue weighted by atomic mass is 9.78. The van der Waals surface area contributed by atoms with Crippen LogP contribution < -0.4 is 10.8 Å². The fourth-order valence-corrected chi connectivity index (χ4v) is 3.63. The highest BCUT2D eigenvalue weighted by atomic mass is 16.7. The fraction of sp³-hybridized carbons (Fsp3) is 0.650. The first kappa shape index (κ1) is 19.4. The topological polar surface area (TPSA) is 50.8 Å². The van der Waals surface area contributed by atoms with Crippen LogP contribution in [0.15, 0.2) is 24.3 Å². The molecule has 0 radical (unpaired) electrons. The first-order valence-electron chi connectivity index (χ1n) is 9.60. The predicted octanol–water partition coefficient (Wildman–Crippen LogP) is 1.94. The molecule has 2 fully saturated rings. The molecule has 0 aromatic heterocycles. The molecule has 0 aliphatic carbocycles. The van der Waals surface area contributed by atoms with Gasteiger partial charge in [-0.1, -0.05) is 24.3 Å². The molecule has 1 aromatic carbocycles. The number of nitrogens with zero attached hydrogens (tertiary/aromatic N) is 1. The Hall–Kier alpha value is -1.37. The van der Waals surface area contributed by atoms with Crippen molar-refractivity contribution in [3.63, 3.8) is 0 Å². The summed E-state index contributed by atoms with van der Waals surface area (Å²) in [5.74, 6) is 0.333. The first-order valence-corrected chi connectivity index (χ1v) is 9.60. The minimum absolute atomic E-state index is 0.160. The van der Waals surface area contributed by atoms with Crippen LogP contribution in [0.1, 0.15) is 46.1 Å². The molecule has 2 heterocycles. The van der Waals surface area contributed by atoms with E-state index in [4.69, 9.17) is 9.31 Å². The molecular weight excluding hydrogens is 327 g/mol. The second-order valence-corrected chi connectivity index (χ2v) is 8.50. The molecular formula is C20H31BN2O3. The normalized spacial score (nSPS) is 23.2. The predicted molar refractivity (Wildman–Crippen MR) is 104 cm³/mol. The van der Waals surface area contributed by atoms with Crippen LogP contribution in [0.2, 0.25) is 0 Å². The number of rotatable bonds is 4. The van der Waals surface area contributed by atoms with Gasteiger partial charge < -0.3 is 14.6 Å². The first-order chi connectivity index (χ1) is 12.2. The number of benzene rings is 1. The van der Waals surface area contributed by atoms with Crippen LogP contribution in [0, 0.1) is 5.92 Å². The molecule has 142 valence electrons. The molecule has 26 heavy (non-hydrogen) atoms. The molecule has 1 N–H and O–H groups in total. The minimum Gasteiger partial charge on any atom is -0.399 e. The van der Waals surface area contributed by atoms with Gasteiger partial charge in [0.1, 0.15) is 0 Å². The van der Waals surface area contributed by atoms with Gasteiger partial charge in [0.15, 0.2) is 0 Å². The van der Waals surface area contributed by atoms with E-state index in [1.807, 2.05) is 0 Å². The van der Waals surface area contributed by atoms with Crippen molar-refractivity contribution < 1.29 is 14.1 Å². The van der Waals surface area contributed by atoms with E-state index < -0.39 is 0 Å². The van der Waals surface area contributed by atoms with E-state index in [-0.39, 0.29) is 30.1 Å². The lowest BCUT2D eigenvalue weighted by Gasteiger charge is -2.32. The Morgan fingerprint density at radius 1 is 1.19 bits per heavy atom. The summed E-state index contributed by atoms with van der Waals surface area (Å²) < 4.78 is 12.3. The highest BCUT2D eigenvalue weighted by Crippen LogP contribution is 2.36. The average Bonchev–Trinajstić information content (AvgIpc) is 2.83. The molecule has 6 heteroatoms. The molecule has 2 aliphatic rings. The lowest BCUT2D eigenvalue weighted by Crippen LogP contribution is -2.41. The highest BCUT2D eigenvalue weighted by Gasteiger charge is 2.51. The summed E-state index contributed by atoms with van der Waals surface area (Å²) in [5.41, 5.74) is 1.68. The Morgan fingerprint density at radius 3 is 2.38 bits per heavy atom. The van der Waals surface area contributed by atoms with Crippen LogP contribution in [-0.2, 0) is 20.6 Å². The van der Waals surface area contributed by atoms with Gasteiger partial charge in [-0.15, -0.1) is 0 Å². The Labute approximate surface area is 157 Å². The molecule has 0 bridgehead atoms. The van der Waals surface area contributed by atoms with Crippen LogP contribution >= 0.6 is 0 Å². The van der Waals surface area contributed by atoms with Gasteiger partial charge >= 0.3 is 7.12 Å². The Kier molecular flexibility index (Phi) is 5.47. The summed E-state index contributed by atoms with van der Waals surface area (Å²) >= 11 is 0. The maximum Gasteiger partial charge on any atom is 0.494 e. The van der Waals surface area contributed by atoms with Crippen molar-refractivity contribution in [2.45, 2.75) is 58.3 Å². The zero-order chi connectivity index (χ0) is 18.9. The molecule has 0 saturated carbocycles. The quantitative estimate of drug-likeness (QED) is 0.836. The molecule has 2 aliphatic heterocycles. The molecule has 0 spiro atoms. The minimum atomic E-state index is -0.324. The van der Waals surface area contributed by atoms with Crippen LogP contribution in [-0.4, -0.2) is 49.3 Å². The summed E-state index contributed by atoms with van der Waals surface area (Å²) in [5, 5.41) is 2.77. The number of hydrogen-bond donors (Lipinski definition) is 1. The van der Waals surface area contributed by atoms with Gasteiger partial charge in [0, 0.05) is 19.5 Å². The Morgan fingerprint density at radius 2 is 1.81 bits per heavy atom. The SMILES string of the molecule is CNC(=O)C1CCN(Cc2cccc(B3OC(C)(C)C(C)(C)O3)c2)CC1. The zero-order valence-electron chi connectivity index (χ0n) is 16.7. The third kappa shape index (κ3) is 3.97. The zero-order valence-corrected chi connectivity index (χ0v) is 16.7. The van der Waals surface area contributed by atoms with Gasteiger partial charge in [-0.05, 0) is 64.7 Å². The van der Waals surface area contributed by atoms with Gasteiger partial charge in [-0.25, -0.2) is 0 Å². The Balaban J connectivity index is 1.62. The van der Waals surface area contributed by atoms with Crippen LogP contribution in [0.4, 0.5) is 0 Å². The van der Waals surface area contributed by atoms with Gasteiger partial charge in [0.25, 0.3) is 0 Å². The number of carbonyl (C=O) groups is 1. The summed E-state index contributed by atoms with van der Waals surface area (Å²) in [6.45, 7) is 11.1. The number of likely N-dealkylation sites (tertiary alicyclic amines) is 1. The largest absolute Gasteiger partial charge is 0.494 e. The van der Waals surface area contributed by atoms with Crippen molar-refractivity contribution in [3.05, 3.63) is 29.8 Å². The van der Waals surface area contributed by atoms with Gasteiger partial charge in [-0.2, -0.15) is 0 Å². The number of nitrogens with one attached hydrogen (secondary N) is 1. The van der Waals surface area contributed by atoms with E-state index in [0.717, 1.165) is 37.9 Å². The molecule has 2 saturated heterocycles. The smallest absolute Gasteiger partial charge is 0.399 e. The second-order valence-electron chi connectivity index (χ2n) is 8.50. The van der Waals surface area contributed by atoms with E-state index in [0.29, 0.717) is 0 Å². The third-order valence-electron chi connectivity index (χ3n) is 6.09. The summed E-state index contributed by atoms with van der Waals surface area (Å²) in [4.78, 5) is 14.2. The second kappa shape index (κ2) is 7.33. The van der Waals surface area contributed by atoms with Crippen molar-refractivity contribution in [1.29, 1.82) is 0 Å². The number of carbonyl (C=O) groups excluding carboxylic acids is 1. The van der Waals surface area contributed by atoms with Crippen LogP contribution in [0.3, 0.4) is 0 Å². The standard InChI is InChI=1S/C20H31BN2O3/c1-19(2)20(3,4)26-21(25-19)17-8-6-7-15(13-17)14-23-11-9-16(10-12-23)18(24)22-5/h6-8,13,16H,9-12,14H2,1-5H3,(H,22,24). The molecule has 1 amide bonds. The van der Waals surface area contributed by atoms with E-state index >= 15 is 0 Å². The van der Waals surface area contributed by atoms with E-state index in [1.165, 1.54) is 5.56 Å². The van der Waals surface area contributed by atoms with Crippen LogP contribution in [0.25, 0.3) is 0 Å². The lowest BCUT2D eigenvalue weighted by molar-refractivity contribution is -0.125. The maximum atomic E-state index is 11.8. The van der Waals surface area contributed by atoms with Gasteiger partial charge in [-0.3, -0.25) is 9.69 Å². The average molecular weight is 358 g/mol. The summed E-state index contributed by atoms with van der Waals surface area (Å²) in [6, 6.07) is 8.49. The molecule has 1 aromatic rings. The molecule has 0 unspecified atom stereocenters. The number of hydrogen-bond acceptors (Lipinski definition) is 4. The summed E-state index contributed by atoms with van der Waals surface area (Å²) in [7, 11) is 1.40. The fourth-order valence-electron chi connectivity index (χ4n) is 3.63. The Bertz CT molecular complexity index is 638. The van der Waals surface area contributed by atoms with E-state index in [2.05, 4.69) is 62.2 Å². The van der Waals surface area contributed by atoms with Crippen LogP contribution in [0.5, 0.6) is 0 Å². The van der Waals surface area contributed by atoms with Gasteiger partial charge in [0.05, 0.1) is 11.2 Å². The molecule has 3 rings (SSSR count). The van der Waals surface area contributed by atoms with E-state index in [9.17, 15) is 4.79 Å². The van der Waals surface area contributed by atoms with Crippen molar-refractivity contribution in [2.75, 3.05) is 20.1 Å². The number of piperidine rings is 1. The molecule has 5 nitrogen and oxygen atoms in total. The highest BCUT2D eigenvalue weighted by molar-refractivity contribution is 6.62. The maximum absolute atomic E-state index is 11.8. The van der Waals surface area contributed by atoms with Crippen molar-refractivity contribution >= 4 is 18.5 Å². The summed E-state index contributed by atoms with van der Waals surface area (Å²) in [6.07, 6.45) is 1.85. The van der Waals surface area contributed by atoms with Gasteiger partial charge in [0.2, 0.25) is 5.91 Å². The van der Waals surface area contributed by atoms with E-state index in [1.54, 1.807) is 7.05 Å². The number of amides is 1. The third-order valence-corrected chi connectivity index (χ3v) is 6.09. The monoisotopic (exact) mass is 358 g/mol. The van der Waals surface area contributed by atoms with Crippen molar-refractivity contribution in [1.82, 2.24) is 10.2 Å². The molecule has 0 atom stereocenters. The van der Waals surface area contributed by atoms with Crippen molar-refractivity contribution in [3.8, 4) is 0 Å². The van der Waals surface area contributed by atoms with Crippen molar-refractivity contribution in [2.24, 2.45) is 5.92 Å².